The second-order valence-corrected chi connectivity index (χ2v) is 4.03. The third kappa shape index (κ3) is 2.17. The molecular weight excluding hydrogens is 188 g/mol. The zero-order chi connectivity index (χ0) is 10.7. The minimum atomic E-state index is -0.0360. The Balaban J connectivity index is 2.07. The first-order chi connectivity index (χ1) is 7.29. The van der Waals surface area contributed by atoms with E-state index in [-0.39, 0.29) is 11.8 Å². The van der Waals surface area contributed by atoms with E-state index in [0.29, 0.717) is 0 Å². The van der Waals surface area contributed by atoms with E-state index < -0.39 is 0 Å². The average Bonchev–Trinajstić information content (AvgIpc) is 2.82. The molecule has 1 saturated heterocycles. The van der Waals surface area contributed by atoms with Gasteiger partial charge in [-0.1, -0.05) is 0 Å². The maximum Gasteiger partial charge on any atom is 0.229 e. The predicted octanol–water partition coefficient (Wildman–Crippen LogP) is 1.81. The number of hydrogen-bond donors (Lipinski definition) is 0. The summed E-state index contributed by atoms with van der Waals surface area (Å²) >= 11 is 0. The number of hydrogen-bond acceptors (Lipinski definition) is 2. The Hall–Kier alpha value is -1.38. The smallest absolute Gasteiger partial charge is 0.229 e. The van der Waals surface area contributed by atoms with E-state index in [1.807, 2.05) is 24.0 Å². The van der Waals surface area contributed by atoms with Crippen LogP contribution in [0.15, 0.2) is 24.5 Å². The summed E-state index contributed by atoms with van der Waals surface area (Å²) in [6, 6.07) is 3.83. The molecule has 2 heterocycles. The third-order valence-electron chi connectivity index (χ3n) is 2.99. The number of nitrogens with zero attached hydrogens (tertiary/aromatic N) is 2. The zero-order valence-corrected chi connectivity index (χ0v) is 9.02. The van der Waals surface area contributed by atoms with Gasteiger partial charge in [-0.15, -0.1) is 0 Å². The van der Waals surface area contributed by atoms with E-state index in [2.05, 4.69) is 4.98 Å². The molecule has 0 aromatic carbocycles. The molecule has 15 heavy (non-hydrogen) atoms. The van der Waals surface area contributed by atoms with Gasteiger partial charge < -0.3 is 4.90 Å². The molecule has 1 aromatic heterocycles. The van der Waals surface area contributed by atoms with Crippen LogP contribution in [-0.4, -0.2) is 28.9 Å². The van der Waals surface area contributed by atoms with Crippen molar-refractivity contribution < 1.29 is 4.79 Å². The molecule has 0 aliphatic carbocycles. The van der Waals surface area contributed by atoms with Gasteiger partial charge in [-0.05, 0) is 37.5 Å². The van der Waals surface area contributed by atoms with Gasteiger partial charge in [0.15, 0.2) is 0 Å². The van der Waals surface area contributed by atoms with E-state index in [4.69, 9.17) is 0 Å². The fourth-order valence-corrected chi connectivity index (χ4v) is 2.01. The Morgan fingerprint density at radius 3 is 2.53 bits per heavy atom. The van der Waals surface area contributed by atoms with Gasteiger partial charge in [-0.2, -0.15) is 0 Å². The number of likely N-dealkylation sites (tertiary alicyclic amines) is 1. The van der Waals surface area contributed by atoms with Crippen molar-refractivity contribution in [3.05, 3.63) is 30.1 Å². The lowest BCUT2D eigenvalue weighted by atomic mass is 10.0. The van der Waals surface area contributed by atoms with Gasteiger partial charge in [0, 0.05) is 25.5 Å². The molecule has 1 unspecified atom stereocenters. The Kier molecular flexibility index (Phi) is 2.99. The number of carbonyl (C=O) groups excluding carboxylic acids is 1. The molecule has 0 radical (unpaired) electrons. The summed E-state index contributed by atoms with van der Waals surface area (Å²) in [4.78, 5) is 18.0. The molecule has 1 aliphatic rings. The van der Waals surface area contributed by atoms with Crippen molar-refractivity contribution in [2.75, 3.05) is 13.1 Å². The second-order valence-electron chi connectivity index (χ2n) is 4.03. The van der Waals surface area contributed by atoms with E-state index in [0.717, 1.165) is 31.5 Å². The maximum atomic E-state index is 12.1. The first kappa shape index (κ1) is 10.1. The molecular formula is C12H16N2O. The third-order valence-corrected chi connectivity index (χ3v) is 2.99. The molecule has 3 heteroatoms. The zero-order valence-electron chi connectivity index (χ0n) is 9.02. The number of amides is 1. The first-order valence-corrected chi connectivity index (χ1v) is 5.48. The van der Waals surface area contributed by atoms with Crippen molar-refractivity contribution in [3.63, 3.8) is 0 Å². The Morgan fingerprint density at radius 1 is 1.33 bits per heavy atom. The van der Waals surface area contributed by atoms with Crippen LogP contribution >= 0.6 is 0 Å². The lowest BCUT2D eigenvalue weighted by Gasteiger charge is -2.20. The minimum Gasteiger partial charge on any atom is -0.342 e. The average molecular weight is 204 g/mol. The second kappa shape index (κ2) is 4.43. The Morgan fingerprint density at radius 2 is 1.93 bits per heavy atom. The molecule has 0 spiro atoms. The fourth-order valence-electron chi connectivity index (χ4n) is 2.01. The molecule has 0 N–H and O–H groups in total. The van der Waals surface area contributed by atoms with E-state index in [9.17, 15) is 4.79 Å². The standard InChI is InChI=1S/C12H16N2O/c1-10(11-4-6-13-7-5-11)12(15)14-8-2-3-9-14/h4-7,10H,2-3,8-9H2,1H3. The number of carbonyl (C=O) groups is 1. The first-order valence-electron chi connectivity index (χ1n) is 5.48. The molecule has 1 aromatic rings. The highest BCUT2D eigenvalue weighted by Crippen LogP contribution is 2.19. The SMILES string of the molecule is CC(C(=O)N1CCCC1)c1ccncc1. The summed E-state index contributed by atoms with van der Waals surface area (Å²) < 4.78 is 0. The molecule has 80 valence electrons. The summed E-state index contributed by atoms with van der Waals surface area (Å²) in [5.74, 6) is 0.213. The predicted molar refractivity (Wildman–Crippen MR) is 58.5 cm³/mol. The highest BCUT2D eigenvalue weighted by molar-refractivity contribution is 5.83. The van der Waals surface area contributed by atoms with Crippen LogP contribution < -0.4 is 0 Å². The van der Waals surface area contributed by atoms with Crippen LogP contribution in [0, 0.1) is 0 Å². The molecule has 1 aliphatic heterocycles. The van der Waals surface area contributed by atoms with Crippen LogP contribution in [0.2, 0.25) is 0 Å². The van der Waals surface area contributed by atoms with Crippen molar-refractivity contribution >= 4 is 5.91 Å². The van der Waals surface area contributed by atoms with Crippen LogP contribution in [0.3, 0.4) is 0 Å². The molecule has 2 rings (SSSR count). The minimum absolute atomic E-state index is 0.0360. The highest BCUT2D eigenvalue weighted by atomic mass is 16.2. The summed E-state index contributed by atoms with van der Waals surface area (Å²) in [6.45, 7) is 3.82. The van der Waals surface area contributed by atoms with Crippen molar-refractivity contribution in [3.8, 4) is 0 Å². The van der Waals surface area contributed by atoms with E-state index >= 15 is 0 Å². The molecule has 0 bridgehead atoms. The van der Waals surface area contributed by atoms with Crippen molar-refractivity contribution in [1.82, 2.24) is 9.88 Å². The quantitative estimate of drug-likeness (QED) is 0.736. The fraction of sp³-hybridized carbons (Fsp3) is 0.500. The van der Waals surface area contributed by atoms with Crippen molar-refractivity contribution in [1.29, 1.82) is 0 Å². The maximum absolute atomic E-state index is 12.1. The van der Waals surface area contributed by atoms with Crippen LogP contribution in [0.5, 0.6) is 0 Å². The largest absolute Gasteiger partial charge is 0.342 e. The normalized spacial score (nSPS) is 17.8. The van der Waals surface area contributed by atoms with Crippen LogP contribution in [0.25, 0.3) is 0 Å². The van der Waals surface area contributed by atoms with Gasteiger partial charge in [0.2, 0.25) is 5.91 Å². The summed E-state index contributed by atoms with van der Waals surface area (Å²) in [5.41, 5.74) is 1.06. The number of aromatic nitrogens is 1. The molecule has 3 nitrogen and oxygen atoms in total. The van der Waals surface area contributed by atoms with Gasteiger partial charge in [0.25, 0.3) is 0 Å². The van der Waals surface area contributed by atoms with Crippen molar-refractivity contribution in [2.24, 2.45) is 0 Å². The van der Waals surface area contributed by atoms with Crippen LogP contribution in [-0.2, 0) is 4.79 Å². The topological polar surface area (TPSA) is 33.2 Å². The highest BCUT2D eigenvalue weighted by Gasteiger charge is 2.23. The van der Waals surface area contributed by atoms with Gasteiger partial charge in [0.1, 0.15) is 0 Å². The van der Waals surface area contributed by atoms with Crippen molar-refractivity contribution in [2.45, 2.75) is 25.7 Å². The molecule has 0 saturated carbocycles. The monoisotopic (exact) mass is 204 g/mol. The Bertz CT molecular complexity index is 331. The van der Waals surface area contributed by atoms with E-state index in [1.165, 1.54) is 0 Å². The van der Waals surface area contributed by atoms with Gasteiger partial charge in [0.05, 0.1) is 5.92 Å². The van der Waals surface area contributed by atoms with Gasteiger partial charge in [-0.3, -0.25) is 9.78 Å². The number of rotatable bonds is 2. The van der Waals surface area contributed by atoms with E-state index in [1.54, 1.807) is 12.4 Å². The Labute approximate surface area is 90.1 Å². The van der Waals surface area contributed by atoms with Gasteiger partial charge in [-0.25, -0.2) is 0 Å². The lowest BCUT2D eigenvalue weighted by Crippen LogP contribution is -2.31. The van der Waals surface area contributed by atoms with Crippen LogP contribution in [0.4, 0.5) is 0 Å². The molecule has 1 amide bonds. The summed E-state index contributed by atoms with van der Waals surface area (Å²) in [5, 5.41) is 0. The van der Waals surface area contributed by atoms with Crippen LogP contribution in [0.1, 0.15) is 31.2 Å². The summed E-state index contributed by atoms with van der Waals surface area (Å²) in [6.07, 6.45) is 5.77. The molecule has 1 fully saturated rings. The van der Waals surface area contributed by atoms with Gasteiger partial charge >= 0.3 is 0 Å². The summed E-state index contributed by atoms with van der Waals surface area (Å²) in [7, 11) is 0. The lowest BCUT2D eigenvalue weighted by molar-refractivity contribution is -0.131. The number of pyridine rings is 1. The molecule has 1 atom stereocenters.